The lowest BCUT2D eigenvalue weighted by Gasteiger charge is -2.33. The fourth-order valence-electron chi connectivity index (χ4n) is 3.28. The fraction of sp³-hybridized carbons (Fsp3) is 0.571. The van der Waals surface area contributed by atoms with Crippen molar-refractivity contribution in [2.45, 2.75) is 37.8 Å². The Morgan fingerprint density at radius 3 is 2.94 bits per heavy atom. The number of nitrogen functional groups attached to an aromatic ring is 1. The second-order valence-electron chi connectivity index (χ2n) is 5.37. The molecule has 0 radical (unpaired) electrons. The number of benzene rings is 1. The molecule has 0 bridgehead atoms. The van der Waals surface area contributed by atoms with Gasteiger partial charge in [-0.25, -0.2) is 0 Å². The van der Waals surface area contributed by atoms with E-state index in [0.717, 1.165) is 11.4 Å². The molecule has 2 aliphatic heterocycles. The Kier molecular flexibility index (Phi) is 3.35. The number of anilines is 2. The second-order valence-corrected chi connectivity index (χ2v) is 5.81. The molecule has 18 heavy (non-hydrogen) atoms. The average molecular weight is 266 g/mol. The third kappa shape index (κ3) is 2.29. The van der Waals surface area contributed by atoms with Gasteiger partial charge in [0.05, 0.1) is 11.4 Å². The van der Waals surface area contributed by atoms with Crippen LogP contribution in [0.2, 0.25) is 5.02 Å². The highest BCUT2D eigenvalue weighted by atomic mass is 35.5. The van der Waals surface area contributed by atoms with Crippen molar-refractivity contribution in [2.24, 2.45) is 0 Å². The van der Waals surface area contributed by atoms with E-state index < -0.39 is 0 Å². The molecule has 1 aromatic rings. The third-order valence-corrected chi connectivity index (χ3v) is 4.45. The minimum absolute atomic E-state index is 0.536. The van der Waals surface area contributed by atoms with Crippen molar-refractivity contribution in [3.63, 3.8) is 0 Å². The molecule has 0 amide bonds. The van der Waals surface area contributed by atoms with E-state index in [-0.39, 0.29) is 0 Å². The van der Waals surface area contributed by atoms with Crippen LogP contribution in [0.3, 0.4) is 0 Å². The van der Waals surface area contributed by atoms with Gasteiger partial charge in [-0.15, -0.1) is 0 Å². The van der Waals surface area contributed by atoms with E-state index >= 15 is 0 Å². The number of hydrogen-bond donors (Lipinski definition) is 2. The van der Waals surface area contributed by atoms with Crippen LogP contribution in [0.4, 0.5) is 11.4 Å². The zero-order chi connectivity index (χ0) is 12.5. The predicted octanol–water partition coefficient (Wildman–Crippen LogP) is 2.96. The zero-order valence-electron chi connectivity index (χ0n) is 10.5. The van der Waals surface area contributed by atoms with Gasteiger partial charge in [0.1, 0.15) is 0 Å². The number of piperidine rings is 1. The molecule has 1 aromatic carbocycles. The summed E-state index contributed by atoms with van der Waals surface area (Å²) in [6.45, 7) is 2.48. The van der Waals surface area contributed by atoms with Crippen LogP contribution in [0, 0.1) is 0 Å². The molecule has 3 nitrogen and oxygen atoms in total. The molecular formula is C14H20ClN3. The van der Waals surface area contributed by atoms with Gasteiger partial charge in [0, 0.05) is 23.7 Å². The molecule has 2 heterocycles. The first kappa shape index (κ1) is 12.1. The third-order valence-electron chi connectivity index (χ3n) is 4.21. The molecule has 3 N–H and O–H groups in total. The molecule has 2 saturated heterocycles. The monoisotopic (exact) mass is 265 g/mol. The number of nitrogens with zero attached hydrogens (tertiary/aromatic N) is 1. The van der Waals surface area contributed by atoms with E-state index in [1.807, 2.05) is 18.2 Å². The first-order valence-corrected chi connectivity index (χ1v) is 7.17. The van der Waals surface area contributed by atoms with E-state index in [4.69, 9.17) is 17.3 Å². The summed E-state index contributed by atoms with van der Waals surface area (Å²) in [6, 6.07) is 6.93. The van der Waals surface area contributed by atoms with E-state index in [9.17, 15) is 0 Å². The maximum Gasteiger partial charge on any atom is 0.0577 e. The van der Waals surface area contributed by atoms with Gasteiger partial charge < -0.3 is 11.1 Å². The molecule has 2 fully saturated rings. The summed E-state index contributed by atoms with van der Waals surface area (Å²) < 4.78 is 0. The van der Waals surface area contributed by atoms with E-state index in [2.05, 4.69) is 10.2 Å². The predicted molar refractivity (Wildman–Crippen MR) is 77.1 cm³/mol. The Hall–Kier alpha value is -0.930. The van der Waals surface area contributed by atoms with Crippen molar-refractivity contribution in [2.75, 3.05) is 24.1 Å². The van der Waals surface area contributed by atoms with Gasteiger partial charge in [0.2, 0.25) is 0 Å². The van der Waals surface area contributed by atoms with Crippen molar-refractivity contribution in [3.05, 3.63) is 23.2 Å². The van der Waals surface area contributed by atoms with Crippen molar-refractivity contribution < 1.29 is 0 Å². The molecule has 2 atom stereocenters. The smallest absolute Gasteiger partial charge is 0.0577 e. The number of rotatable bonds is 2. The van der Waals surface area contributed by atoms with Crippen LogP contribution < -0.4 is 11.1 Å². The Morgan fingerprint density at radius 2 is 2.11 bits per heavy atom. The second kappa shape index (κ2) is 4.98. The Labute approximate surface area is 113 Å². The average Bonchev–Trinajstić information content (AvgIpc) is 2.76. The highest BCUT2D eigenvalue weighted by Gasteiger charge is 2.35. The molecule has 98 valence electrons. The van der Waals surface area contributed by atoms with Crippen molar-refractivity contribution in [1.29, 1.82) is 0 Å². The molecule has 0 spiro atoms. The van der Waals surface area contributed by atoms with Crippen LogP contribution in [0.15, 0.2) is 18.2 Å². The fourth-order valence-corrected chi connectivity index (χ4v) is 3.46. The van der Waals surface area contributed by atoms with Gasteiger partial charge in [-0.2, -0.15) is 0 Å². The van der Waals surface area contributed by atoms with Crippen LogP contribution in [0.25, 0.3) is 0 Å². The van der Waals surface area contributed by atoms with E-state index in [0.29, 0.717) is 17.1 Å². The summed E-state index contributed by atoms with van der Waals surface area (Å²) in [5, 5.41) is 4.31. The Bertz CT molecular complexity index is 435. The maximum atomic E-state index is 6.01. The molecule has 2 aliphatic rings. The van der Waals surface area contributed by atoms with Gasteiger partial charge in [-0.3, -0.25) is 4.90 Å². The van der Waals surface area contributed by atoms with Gasteiger partial charge in [-0.1, -0.05) is 18.0 Å². The molecule has 0 aromatic heterocycles. The highest BCUT2D eigenvalue weighted by Crippen LogP contribution is 2.31. The molecular weight excluding hydrogens is 246 g/mol. The summed E-state index contributed by atoms with van der Waals surface area (Å²) >= 11 is 5.93. The maximum absolute atomic E-state index is 6.01. The summed E-state index contributed by atoms with van der Waals surface area (Å²) in [5.74, 6) is 0. The molecule has 2 unspecified atom stereocenters. The summed E-state index contributed by atoms with van der Waals surface area (Å²) in [5.41, 5.74) is 7.78. The summed E-state index contributed by atoms with van der Waals surface area (Å²) in [6.07, 6.45) is 5.24. The quantitative estimate of drug-likeness (QED) is 0.808. The summed E-state index contributed by atoms with van der Waals surface area (Å²) in [4.78, 5) is 2.62. The van der Waals surface area contributed by atoms with Gasteiger partial charge in [-0.05, 0) is 44.0 Å². The van der Waals surface area contributed by atoms with Gasteiger partial charge >= 0.3 is 0 Å². The van der Waals surface area contributed by atoms with Crippen LogP contribution in [-0.4, -0.2) is 30.1 Å². The number of nitrogens with one attached hydrogen (secondary N) is 1. The number of fused-ring (bicyclic) bond motifs is 1. The van der Waals surface area contributed by atoms with Crippen molar-refractivity contribution in [1.82, 2.24) is 4.90 Å². The topological polar surface area (TPSA) is 41.3 Å². The van der Waals surface area contributed by atoms with Crippen molar-refractivity contribution in [3.8, 4) is 0 Å². The molecule has 4 heteroatoms. The number of halogens is 1. The lowest BCUT2D eigenvalue weighted by atomic mass is 9.99. The van der Waals surface area contributed by atoms with Crippen LogP contribution in [-0.2, 0) is 0 Å². The summed E-state index contributed by atoms with van der Waals surface area (Å²) in [7, 11) is 0. The first-order valence-electron chi connectivity index (χ1n) is 6.79. The number of nitrogens with two attached hydrogens (primary N) is 1. The zero-order valence-corrected chi connectivity index (χ0v) is 11.3. The van der Waals surface area contributed by atoms with Gasteiger partial charge in [0.15, 0.2) is 0 Å². The first-order chi connectivity index (χ1) is 8.74. The molecule has 0 saturated carbocycles. The minimum atomic E-state index is 0.536. The standard InChI is InChI=1S/C14H20ClN3/c15-10-4-5-12(11(16)9-10)17-13-6-8-18-7-2-1-3-14(13)18/h4-5,9,13-14,17H,1-3,6-8,16H2. The van der Waals surface area contributed by atoms with Crippen LogP contribution in [0.5, 0.6) is 0 Å². The van der Waals surface area contributed by atoms with Crippen LogP contribution in [0.1, 0.15) is 25.7 Å². The lowest BCUT2D eigenvalue weighted by Crippen LogP contribution is -2.41. The minimum Gasteiger partial charge on any atom is -0.397 e. The van der Waals surface area contributed by atoms with E-state index in [1.54, 1.807) is 0 Å². The largest absolute Gasteiger partial charge is 0.397 e. The van der Waals surface area contributed by atoms with Gasteiger partial charge in [0.25, 0.3) is 0 Å². The molecule has 3 rings (SSSR count). The highest BCUT2D eigenvalue weighted by molar-refractivity contribution is 6.31. The van der Waals surface area contributed by atoms with E-state index in [1.165, 1.54) is 38.8 Å². The normalized spacial score (nSPS) is 28.1. The Morgan fingerprint density at radius 1 is 1.22 bits per heavy atom. The SMILES string of the molecule is Nc1cc(Cl)ccc1NC1CCN2CCCCC12. The lowest BCUT2D eigenvalue weighted by molar-refractivity contribution is 0.193. The van der Waals surface area contributed by atoms with Crippen LogP contribution >= 0.6 is 11.6 Å². The number of hydrogen-bond acceptors (Lipinski definition) is 3. The Balaban J connectivity index is 1.72. The molecule has 0 aliphatic carbocycles. The van der Waals surface area contributed by atoms with Crippen molar-refractivity contribution >= 4 is 23.0 Å².